The number of carbonyl (C=O) groups excluding carboxylic acids is 2. The molecule has 2 heterocycles. The van der Waals surface area contributed by atoms with E-state index in [0.29, 0.717) is 42.8 Å². The topological polar surface area (TPSA) is 112 Å². The van der Waals surface area contributed by atoms with Crippen LogP contribution >= 0.6 is 11.6 Å². The van der Waals surface area contributed by atoms with Crippen LogP contribution in [0.2, 0.25) is 5.02 Å². The highest BCUT2D eigenvalue weighted by Gasteiger charge is 2.29. The third-order valence-corrected chi connectivity index (χ3v) is 5.55. The van der Waals surface area contributed by atoms with Gasteiger partial charge in [0.15, 0.2) is 0 Å². The van der Waals surface area contributed by atoms with E-state index in [1.807, 2.05) is 23.1 Å². The summed E-state index contributed by atoms with van der Waals surface area (Å²) in [6.07, 6.45) is 0.597. The minimum absolute atomic E-state index is 0.0734. The van der Waals surface area contributed by atoms with Gasteiger partial charge in [-0.3, -0.25) is 19.7 Å². The molecule has 0 radical (unpaired) electrons. The third-order valence-electron chi connectivity index (χ3n) is 5.30. The van der Waals surface area contributed by atoms with Crippen molar-refractivity contribution in [2.75, 3.05) is 19.7 Å². The number of nitrogens with zero attached hydrogens (tertiary/aromatic N) is 3. The average Bonchev–Trinajstić information content (AvgIpc) is 3.14. The number of halogens is 1. The number of carboxylic acids is 1. The van der Waals surface area contributed by atoms with E-state index in [0.717, 1.165) is 16.8 Å². The summed E-state index contributed by atoms with van der Waals surface area (Å²) in [6.45, 7) is 1.03. The van der Waals surface area contributed by atoms with Gasteiger partial charge in [0.1, 0.15) is 18.8 Å². The number of aliphatic carboxylic acids is 1. The standard InChI is InChI=1S/C23H23ClN4O5/c24-17-6-3-15(4-7-17)11-27(14-22(31)32)21(30)2-1-9-33-18-8-5-16-12-28-13-20(29)26-23(28)25-19(16)10-18/h3-8,10H,1-2,9,11-14H2,(H,31,32)(H,25,26,29). The van der Waals surface area contributed by atoms with Crippen LogP contribution in [0.4, 0.5) is 5.69 Å². The van der Waals surface area contributed by atoms with E-state index in [1.165, 1.54) is 4.90 Å². The van der Waals surface area contributed by atoms with Crippen LogP contribution in [-0.4, -0.2) is 58.3 Å². The summed E-state index contributed by atoms with van der Waals surface area (Å²) in [5, 5.41) is 12.5. The number of aliphatic imine (C=N–C) groups is 1. The molecule has 2 N–H and O–H groups in total. The molecule has 1 saturated heterocycles. The largest absolute Gasteiger partial charge is 0.494 e. The second-order valence-corrected chi connectivity index (χ2v) is 8.29. The zero-order chi connectivity index (χ0) is 23.4. The summed E-state index contributed by atoms with van der Waals surface area (Å²) in [7, 11) is 0. The highest BCUT2D eigenvalue weighted by molar-refractivity contribution is 6.30. The molecule has 2 aliphatic heterocycles. The Morgan fingerprint density at radius 1 is 1.18 bits per heavy atom. The van der Waals surface area contributed by atoms with Gasteiger partial charge < -0.3 is 19.6 Å². The number of ether oxygens (including phenoxy) is 1. The van der Waals surface area contributed by atoms with Crippen LogP contribution in [0.25, 0.3) is 0 Å². The SMILES string of the molecule is O=C(O)CN(Cc1ccc(Cl)cc1)C(=O)CCCOc1ccc2c(c1)N=C1NC(=O)CN1C2. The molecule has 0 aromatic heterocycles. The van der Waals surface area contributed by atoms with E-state index in [4.69, 9.17) is 21.4 Å². The Morgan fingerprint density at radius 2 is 1.97 bits per heavy atom. The Kier molecular flexibility index (Phi) is 6.79. The number of rotatable bonds is 9. The first kappa shape index (κ1) is 22.6. The number of carboxylic acid groups (broad SMARTS) is 1. The van der Waals surface area contributed by atoms with E-state index in [1.54, 1.807) is 24.3 Å². The van der Waals surface area contributed by atoms with Crippen molar-refractivity contribution >= 4 is 41.0 Å². The number of fused-ring (bicyclic) bond motifs is 2. The van der Waals surface area contributed by atoms with Crippen LogP contribution in [-0.2, 0) is 27.5 Å². The van der Waals surface area contributed by atoms with Crippen molar-refractivity contribution in [3.63, 3.8) is 0 Å². The van der Waals surface area contributed by atoms with Gasteiger partial charge in [-0.2, -0.15) is 0 Å². The molecule has 33 heavy (non-hydrogen) atoms. The molecule has 0 saturated carbocycles. The smallest absolute Gasteiger partial charge is 0.323 e. The van der Waals surface area contributed by atoms with Gasteiger partial charge in [-0.1, -0.05) is 29.8 Å². The fourth-order valence-electron chi connectivity index (χ4n) is 3.69. The minimum Gasteiger partial charge on any atom is -0.494 e. The average molecular weight is 471 g/mol. The molecule has 2 aromatic rings. The first-order chi connectivity index (χ1) is 15.9. The summed E-state index contributed by atoms with van der Waals surface area (Å²) in [5.74, 6) is -0.233. The van der Waals surface area contributed by atoms with Gasteiger partial charge in [0, 0.05) is 30.6 Å². The zero-order valence-electron chi connectivity index (χ0n) is 17.8. The summed E-state index contributed by atoms with van der Waals surface area (Å²) in [5.41, 5.74) is 2.55. The summed E-state index contributed by atoms with van der Waals surface area (Å²) < 4.78 is 5.78. The maximum absolute atomic E-state index is 12.6. The molecule has 10 heteroatoms. The van der Waals surface area contributed by atoms with Gasteiger partial charge in [0.2, 0.25) is 17.8 Å². The Hall–Kier alpha value is -3.59. The molecule has 172 valence electrons. The van der Waals surface area contributed by atoms with Gasteiger partial charge in [-0.15, -0.1) is 0 Å². The van der Waals surface area contributed by atoms with Gasteiger partial charge in [-0.05, 0) is 35.7 Å². The molecule has 0 unspecified atom stereocenters. The van der Waals surface area contributed by atoms with E-state index in [2.05, 4.69) is 10.3 Å². The van der Waals surface area contributed by atoms with Gasteiger partial charge >= 0.3 is 5.97 Å². The van der Waals surface area contributed by atoms with Crippen molar-refractivity contribution in [3.8, 4) is 5.75 Å². The Balaban J connectivity index is 1.29. The van der Waals surface area contributed by atoms with Crippen molar-refractivity contribution in [1.29, 1.82) is 0 Å². The lowest BCUT2D eigenvalue weighted by Crippen LogP contribution is -2.35. The predicted molar refractivity (Wildman–Crippen MR) is 121 cm³/mol. The lowest BCUT2D eigenvalue weighted by Gasteiger charge is -2.23. The molecule has 2 aliphatic rings. The number of guanidine groups is 1. The second kappa shape index (κ2) is 9.91. The van der Waals surface area contributed by atoms with Gasteiger partial charge in [0.05, 0.1) is 12.3 Å². The summed E-state index contributed by atoms with van der Waals surface area (Å²) in [6, 6.07) is 12.5. The van der Waals surface area contributed by atoms with E-state index < -0.39 is 5.97 Å². The fourth-order valence-corrected chi connectivity index (χ4v) is 3.82. The van der Waals surface area contributed by atoms with E-state index >= 15 is 0 Å². The lowest BCUT2D eigenvalue weighted by molar-refractivity contribution is -0.145. The van der Waals surface area contributed by atoms with Gasteiger partial charge in [0.25, 0.3) is 0 Å². The highest BCUT2D eigenvalue weighted by Crippen LogP contribution is 2.30. The normalized spacial score (nSPS) is 14.2. The molecule has 4 rings (SSSR count). The Morgan fingerprint density at radius 3 is 2.73 bits per heavy atom. The molecular weight excluding hydrogens is 448 g/mol. The van der Waals surface area contributed by atoms with Crippen LogP contribution in [0.1, 0.15) is 24.0 Å². The zero-order valence-corrected chi connectivity index (χ0v) is 18.5. The van der Waals surface area contributed by atoms with Crippen LogP contribution in [0, 0.1) is 0 Å². The Labute approximate surface area is 195 Å². The Bertz CT molecular complexity index is 1100. The molecule has 2 aromatic carbocycles. The number of amides is 2. The first-order valence-electron chi connectivity index (χ1n) is 10.5. The summed E-state index contributed by atoms with van der Waals surface area (Å²) >= 11 is 5.88. The minimum atomic E-state index is -1.07. The number of carbonyl (C=O) groups is 3. The van der Waals surface area contributed by atoms with E-state index in [9.17, 15) is 14.4 Å². The van der Waals surface area contributed by atoms with Crippen LogP contribution in [0.3, 0.4) is 0 Å². The molecule has 0 aliphatic carbocycles. The lowest BCUT2D eigenvalue weighted by atomic mass is 10.1. The molecule has 0 bridgehead atoms. The van der Waals surface area contributed by atoms with Crippen LogP contribution in [0.5, 0.6) is 5.75 Å². The first-order valence-corrected chi connectivity index (χ1v) is 10.9. The molecule has 2 amide bonds. The number of nitrogens with one attached hydrogen (secondary N) is 1. The number of hydrogen-bond acceptors (Lipinski definition) is 6. The van der Waals surface area contributed by atoms with Crippen LogP contribution < -0.4 is 10.1 Å². The summed E-state index contributed by atoms with van der Waals surface area (Å²) in [4.78, 5) is 43.0. The van der Waals surface area contributed by atoms with Crippen molar-refractivity contribution in [3.05, 3.63) is 58.6 Å². The maximum atomic E-state index is 12.6. The number of benzene rings is 2. The van der Waals surface area contributed by atoms with Gasteiger partial charge in [-0.25, -0.2) is 4.99 Å². The van der Waals surface area contributed by atoms with Crippen LogP contribution in [0.15, 0.2) is 47.5 Å². The molecule has 1 fully saturated rings. The fraction of sp³-hybridized carbons (Fsp3) is 0.304. The number of hydrogen-bond donors (Lipinski definition) is 2. The molecule has 0 atom stereocenters. The molecule has 0 spiro atoms. The molecular formula is C23H23ClN4O5. The monoisotopic (exact) mass is 470 g/mol. The third kappa shape index (κ3) is 5.81. The quantitative estimate of drug-likeness (QED) is 0.545. The van der Waals surface area contributed by atoms with Crippen molar-refractivity contribution in [2.45, 2.75) is 25.9 Å². The highest BCUT2D eigenvalue weighted by atomic mass is 35.5. The van der Waals surface area contributed by atoms with E-state index in [-0.39, 0.29) is 31.3 Å². The van der Waals surface area contributed by atoms with Crippen molar-refractivity contribution < 1.29 is 24.2 Å². The van der Waals surface area contributed by atoms with Crippen molar-refractivity contribution in [2.24, 2.45) is 4.99 Å². The predicted octanol–water partition coefficient (Wildman–Crippen LogP) is 2.55. The second-order valence-electron chi connectivity index (χ2n) is 7.85. The molecule has 9 nitrogen and oxygen atoms in total. The van der Waals surface area contributed by atoms with Crippen molar-refractivity contribution in [1.82, 2.24) is 15.1 Å². The maximum Gasteiger partial charge on any atom is 0.323 e.